The Hall–Kier alpha value is -2.06. The summed E-state index contributed by atoms with van der Waals surface area (Å²) in [6, 6.07) is 7.98. The minimum atomic E-state index is -1.40. The smallest absolute Gasteiger partial charge is 0.251 e. The van der Waals surface area contributed by atoms with Crippen molar-refractivity contribution in [3.63, 3.8) is 0 Å². The number of rotatable bonds is 5. The SMILES string of the molecule is CNC(=O)[C@H]1O[C@@H](n2cnc3c(NCc4cccc(I)c4)nc(Cl)nc32)[C@H](O)[C@H]1O. The molecule has 10 nitrogen and oxygen atoms in total. The molecule has 4 rings (SSSR count). The van der Waals surface area contributed by atoms with E-state index in [1.807, 2.05) is 24.3 Å². The van der Waals surface area contributed by atoms with E-state index >= 15 is 0 Å². The molecule has 30 heavy (non-hydrogen) atoms. The van der Waals surface area contributed by atoms with Crippen molar-refractivity contribution >= 4 is 57.1 Å². The zero-order valence-corrected chi connectivity index (χ0v) is 18.6. The molecule has 4 N–H and O–H groups in total. The van der Waals surface area contributed by atoms with E-state index in [1.165, 1.54) is 17.9 Å². The van der Waals surface area contributed by atoms with Crippen LogP contribution in [0, 0.1) is 3.57 Å². The fourth-order valence-corrected chi connectivity index (χ4v) is 4.05. The highest BCUT2D eigenvalue weighted by molar-refractivity contribution is 14.1. The summed E-state index contributed by atoms with van der Waals surface area (Å²) in [5.41, 5.74) is 1.77. The molecular weight excluding hydrogens is 527 g/mol. The van der Waals surface area contributed by atoms with E-state index < -0.39 is 30.4 Å². The number of hydrogen-bond donors (Lipinski definition) is 4. The molecule has 4 atom stereocenters. The summed E-state index contributed by atoms with van der Waals surface area (Å²) in [5, 5.41) is 26.2. The molecule has 3 aromatic rings. The second-order valence-electron chi connectivity index (χ2n) is 6.69. The van der Waals surface area contributed by atoms with Crippen LogP contribution in [-0.4, -0.2) is 61.0 Å². The van der Waals surface area contributed by atoms with Gasteiger partial charge in [-0.2, -0.15) is 9.97 Å². The number of aliphatic hydroxyl groups excluding tert-OH is 2. The van der Waals surface area contributed by atoms with Crippen LogP contribution < -0.4 is 10.6 Å². The molecule has 1 saturated heterocycles. The van der Waals surface area contributed by atoms with Crippen LogP contribution in [0.25, 0.3) is 11.2 Å². The third kappa shape index (κ3) is 3.95. The average molecular weight is 545 g/mol. The molecule has 1 aliphatic heterocycles. The number of benzene rings is 1. The monoisotopic (exact) mass is 544 g/mol. The van der Waals surface area contributed by atoms with E-state index in [4.69, 9.17) is 16.3 Å². The van der Waals surface area contributed by atoms with Crippen LogP contribution in [0.4, 0.5) is 5.82 Å². The van der Waals surface area contributed by atoms with Gasteiger partial charge in [-0.3, -0.25) is 9.36 Å². The molecule has 12 heteroatoms. The average Bonchev–Trinajstić information content (AvgIpc) is 3.27. The van der Waals surface area contributed by atoms with Gasteiger partial charge in [0.1, 0.15) is 12.2 Å². The van der Waals surface area contributed by atoms with Crippen LogP contribution in [0.5, 0.6) is 0 Å². The first-order valence-corrected chi connectivity index (χ1v) is 10.5. The molecule has 3 heterocycles. The summed E-state index contributed by atoms with van der Waals surface area (Å²) >= 11 is 8.35. The van der Waals surface area contributed by atoms with Crippen molar-refractivity contribution in [2.45, 2.75) is 31.1 Å². The number of ether oxygens (including phenoxy) is 1. The van der Waals surface area contributed by atoms with E-state index in [-0.39, 0.29) is 5.28 Å². The van der Waals surface area contributed by atoms with E-state index in [1.54, 1.807) is 0 Å². The van der Waals surface area contributed by atoms with Crippen molar-refractivity contribution in [2.75, 3.05) is 12.4 Å². The maximum Gasteiger partial charge on any atom is 0.251 e. The number of anilines is 1. The summed E-state index contributed by atoms with van der Waals surface area (Å²) < 4.78 is 8.14. The van der Waals surface area contributed by atoms with E-state index in [0.29, 0.717) is 23.5 Å². The molecule has 0 aliphatic carbocycles. The Morgan fingerprint density at radius 3 is 2.87 bits per heavy atom. The fraction of sp³-hybridized carbons (Fsp3) is 0.333. The van der Waals surface area contributed by atoms with Crippen molar-refractivity contribution in [3.8, 4) is 0 Å². The van der Waals surface area contributed by atoms with Gasteiger partial charge in [-0.05, 0) is 51.9 Å². The molecule has 1 aliphatic rings. The molecule has 1 fully saturated rings. The third-order valence-corrected chi connectivity index (χ3v) is 5.60. The molecule has 2 aromatic heterocycles. The zero-order valence-electron chi connectivity index (χ0n) is 15.7. The largest absolute Gasteiger partial charge is 0.387 e. The summed E-state index contributed by atoms with van der Waals surface area (Å²) in [5.74, 6) is -0.125. The highest BCUT2D eigenvalue weighted by Crippen LogP contribution is 2.33. The number of carbonyl (C=O) groups excluding carboxylic acids is 1. The highest BCUT2D eigenvalue weighted by Gasteiger charge is 2.47. The minimum absolute atomic E-state index is 0.0229. The lowest BCUT2D eigenvalue weighted by molar-refractivity contribution is -0.137. The van der Waals surface area contributed by atoms with Gasteiger partial charge in [0.15, 0.2) is 29.3 Å². The molecule has 0 radical (unpaired) electrons. The predicted octanol–water partition coefficient (Wildman–Crippen LogP) is 1.06. The standard InChI is InChI=1S/C18H18ClIN6O4/c1-21-16(29)13-11(27)12(28)17(30-13)26-7-23-10-14(24-18(19)25-15(10)26)22-6-8-3-2-4-9(20)5-8/h2-5,7,11-13,17,27-28H,6H2,1H3,(H,21,29)(H,22,24,25)/t11-,12-,13+,17-/m1/s1. The van der Waals surface area contributed by atoms with Gasteiger partial charge in [0.2, 0.25) is 5.28 Å². The highest BCUT2D eigenvalue weighted by atomic mass is 127. The van der Waals surface area contributed by atoms with Crippen LogP contribution in [0.3, 0.4) is 0 Å². The predicted molar refractivity (Wildman–Crippen MR) is 117 cm³/mol. The zero-order chi connectivity index (χ0) is 21.4. The molecule has 0 unspecified atom stereocenters. The number of hydrogen-bond acceptors (Lipinski definition) is 8. The second-order valence-corrected chi connectivity index (χ2v) is 8.28. The van der Waals surface area contributed by atoms with Crippen LogP contribution in [0.1, 0.15) is 11.8 Å². The quantitative estimate of drug-likeness (QED) is 0.277. The Balaban J connectivity index is 1.64. The molecule has 0 spiro atoms. The van der Waals surface area contributed by atoms with Gasteiger partial charge in [0, 0.05) is 17.2 Å². The molecule has 1 aromatic carbocycles. The lowest BCUT2D eigenvalue weighted by Crippen LogP contribution is -2.41. The molecule has 1 amide bonds. The number of carbonyl (C=O) groups is 1. The first-order chi connectivity index (χ1) is 14.4. The topological polar surface area (TPSA) is 134 Å². The number of likely N-dealkylation sites (N-methyl/N-ethyl adjacent to an activating group) is 1. The van der Waals surface area contributed by atoms with Gasteiger partial charge in [-0.1, -0.05) is 12.1 Å². The van der Waals surface area contributed by atoms with E-state index in [0.717, 1.165) is 9.13 Å². The first-order valence-electron chi connectivity index (χ1n) is 9.00. The van der Waals surface area contributed by atoms with Crippen LogP contribution in [0.15, 0.2) is 30.6 Å². The first kappa shape index (κ1) is 21.2. The maximum atomic E-state index is 11.9. The van der Waals surface area contributed by atoms with Gasteiger partial charge < -0.3 is 25.6 Å². The van der Waals surface area contributed by atoms with Crippen molar-refractivity contribution in [2.24, 2.45) is 0 Å². The summed E-state index contributed by atoms with van der Waals surface area (Å²) in [6.07, 6.45) is -3.65. The number of imidazole rings is 1. The third-order valence-electron chi connectivity index (χ3n) is 4.76. The number of aromatic nitrogens is 4. The number of aliphatic hydroxyl groups is 2. The van der Waals surface area contributed by atoms with Gasteiger partial charge >= 0.3 is 0 Å². The maximum absolute atomic E-state index is 11.9. The molecule has 0 bridgehead atoms. The number of amides is 1. The van der Waals surface area contributed by atoms with Crippen molar-refractivity contribution in [1.82, 2.24) is 24.8 Å². The van der Waals surface area contributed by atoms with Crippen LogP contribution in [-0.2, 0) is 16.1 Å². The lowest BCUT2D eigenvalue weighted by Gasteiger charge is -2.16. The van der Waals surface area contributed by atoms with Crippen molar-refractivity contribution in [1.29, 1.82) is 0 Å². The van der Waals surface area contributed by atoms with Crippen molar-refractivity contribution < 1.29 is 19.7 Å². The van der Waals surface area contributed by atoms with Crippen molar-refractivity contribution in [3.05, 3.63) is 45.0 Å². The number of nitrogens with one attached hydrogen (secondary N) is 2. The number of halogens is 2. The normalized spacial score (nSPS) is 23.6. The Labute approximate surface area is 189 Å². The van der Waals surface area contributed by atoms with E-state index in [2.05, 4.69) is 48.2 Å². The second kappa shape index (κ2) is 8.59. The Bertz CT molecular complexity index is 1100. The summed E-state index contributed by atoms with van der Waals surface area (Å²) in [6.45, 7) is 0.492. The number of nitrogens with zero attached hydrogens (tertiary/aromatic N) is 4. The van der Waals surface area contributed by atoms with Gasteiger partial charge in [0.25, 0.3) is 5.91 Å². The Morgan fingerprint density at radius 1 is 1.33 bits per heavy atom. The summed E-state index contributed by atoms with van der Waals surface area (Å²) in [4.78, 5) is 24.7. The fourth-order valence-electron chi connectivity index (χ4n) is 3.28. The van der Waals surface area contributed by atoms with Crippen LogP contribution >= 0.6 is 34.2 Å². The van der Waals surface area contributed by atoms with Gasteiger partial charge in [0.05, 0.1) is 6.33 Å². The molecular formula is C18H18ClIN6O4. The lowest BCUT2D eigenvalue weighted by atomic mass is 10.1. The summed E-state index contributed by atoms with van der Waals surface area (Å²) in [7, 11) is 1.42. The Kier molecular flexibility index (Phi) is 6.06. The number of fused-ring (bicyclic) bond motifs is 1. The Morgan fingerprint density at radius 2 is 2.13 bits per heavy atom. The van der Waals surface area contributed by atoms with E-state index in [9.17, 15) is 15.0 Å². The molecule has 158 valence electrons. The van der Waals surface area contributed by atoms with Crippen LogP contribution in [0.2, 0.25) is 5.28 Å². The van der Waals surface area contributed by atoms with Gasteiger partial charge in [-0.25, -0.2) is 4.98 Å². The van der Waals surface area contributed by atoms with Gasteiger partial charge in [-0.15, -0.1) is 0 Å². The minimum Gasteiger partial charge on any atom is -0.387 e. The molecule has 0 saturated carbocycles.